The summed E-state index contributed by atoms with van der Waals surface area (Å²) in [5.74, 6) is -1.54. The summed E-state index contributed by atoms with van der Waals surface area (Å²) >= 11 is 11.3. The van der Waals surface area contributed by atoms with Crippen LogP contribution >= 0.6 is 23.2 Å². The fourth-order valence-corrected chi connectivity index (χ4v) is 1.64. The van der Waals surface area contributed by atoms with Crippen molar-refractivity contribution in [2.24, 2.45) is 0 Å². The summed E-state index contributed by atoms with van der Waals surface area (Å²) in [5, 5.41) is 12.7. The Labute approximate surface area is 123 Å². The van der Waals surface area contributed by atoms with E-state index in [1.807, 2.05) is 5.32 Å². The summed E-state index contributed by atoms with van der Waals surface area (Å²) in [4.78, 5) is 35.6. The van der Waals surface area contributed by atoms with Crippen molar-refractivity contribution in [1.29, 1.82) is 0 Å². The zero-order valence-corrected chi connectivity index (χ0v) is 11.7. The summed E-state index contributed by atoms with van der Waals surface area (Å²) in [7, 11) is 0. The zero-order chi connectivity index (χ0) is 15.3. The minimum atomic E-state index is -1.16. The molecule has 2 amide bonds. The van der Waals surface area contributed by atoms with Gasteiger partial charge in [-0.2, -0.15) is 0 Å². The number of nitrogens with one attached hydrogen (secondary N) is 1. The molecule has 0 radical (unpaired) electrons. The quantitative estimate of drug-likeness (QED) is 0.397. The molecule has 1 heterocycles. The number of alkyl halides is 2. The highest BCUT2D eigenvalue weighted by atomic mass is 35.5. The number of aromatic nitrogens is 1. The van der Waals surface area contributed by atoms with E-state index in [2.05, 4.69) is 4.98 Å². The molecule has 0 saturated carbocycles. The van der Waals surface area contributed by atoms with Gasteiger partial charge in [0.15, 0.2) is 0 Å². The van der Waals surface area contributed by atoms with Crippen LogP contribution in [-0.2, 0) is 4.79 Å². The first-order valence-corrected chi connectivity index (χ1v) is 6.14. The lowest BCUT2D eigenvalue weighted by atomic mass is 10.1. The van der Waals surface area contributed by atoms with Gasteiger partial charge in [0.1, 0.15) is 11.0 Å². The first-order valence-electron chi connectivity index (χ1n) is 5.27. The van der Waals surface area contributed by atoms with Crippen LogP contribution in [0.15, 0.2) is 24.4 Å². The van der Waals surface area contributed by atoms with Crippen molar-refractivity contribution < 1.29 is 14.5 Å². The predicted octanol–water partition coefficient (Wildman–Crippen LogP) is 2.30. The molecule has 1 rings (SSSR count). The lowest BCUT2D eigenvalue weighted by Crippen LogP contribution is -2.30. The largest absolute Gasteiger partial charge is 0.289 e. The Kier molecular flexibility index (Phi) is 5.60. The third-order valence-electron chi connectivity index (χ3n) is 2.12. The van der Waals surface area contributed by atoms with Gasteiger partial charge in [0.05, 0.1) is 16.2 Å². The van der Waals surface area contributed by atoms with Crippen molar-refractivity contribution in [2.45, 2.75) is 11.8 Å². The Hall–Kier alpha value is -1.99. The van der Waals surface area contributed by atoms with E-state index in [0.29, 0.717) is 0 Å². The SMILES string of the molecule is C/C=C/C(=O)NC(=O)c1cc([N+](=O)[O-])cnc1C(Cl)Cl. The van der Waals surface area contributed by atoms with Gasteiger partial charge in [0.25, 0.3) is 11.6 Å². The molecule has 1 aromatic heterocycles. The highest BCUT2D eigenvalue weighted by Crippen LogP contribution is 2.28. The number of nitrogens with zero attached hydrogens (tertiary/aromatic N) is 2. The van der Waals surface area contributed by atoms with Crippen LogP contribution < -0.4 is 5.32 Å². The highest BCUT2D eigenvalue weighted by Gasteiger charge is 2.22. The number of carbonyl (C=O) groups excluding carboxylic acids is 2. The van der Waals surface area contributed by atoms with Crippen molar-refractivity contribution in [3.05, 3.63) is 45.8 Å². The molecule has 0 spiro atoms. The molecular weight excluding hydrogens is 309 g/mol. The normalized spacial score (nSPS) is 10.8. The maximum Gasteiger partial charge on any atom is 0.288 e. The molecular formula is C11H9Cl2N3O4. The molecule has 20 heavy (non-hydrogen) atoms. The maximum absolute atomic E-state index is 11.9. The minimum Gasteiger partial charge on any atom is -0.289 e. The summed E-state index contributed by atoms with van der Waals surface area (Å²) < 4.78 is 0. The van der Waals surface area contributed by atoms with Crippen LogP contribution in [0.5, 0.6) is 0 Å². The lowest BCUT2D eigenvalue weighted by molar-refractivity contribution is -0.385. The molecule has 0 bridgehead atoms. The number of halogens is 2. The maximum atomic E-state index is 11.9. The average molecular weight is 318 g/mol. The number of carbonyl (C=O) groups is 2. The molecule has 7 nitrogen and oxygen atoms in total. The average Bonchev–Trinajstić information content (AvgIpc) is 2.37. The summed E-state index contributed by atoms with van der Waals surface area (Å²) in [6, 6.07) is 0.957. The van der Waals surface area contributed by atoms with Crippen LogP contribution in [0.1, 0.15) is 27.8 Å². The molecule has 0 aliphatic heterocycles. The second-order valence-electron chi connectivity index (χ2n) is 3.50. The number of hydrogen-bond donors (Lipinski definition) is 1. The lowest BCUT2D eigenvalue weighted by Gasteiger charge is -2.08. The number of pyridine rings is 1. The first-order chi connectivity index (χ1) is 9.36. The molecule has 0 aromatic carbocycles. The second kappa shape index (κ2) is 6.97. The smallest absolute Gasteiger partial charge is 0.288 e. The van der Waals surface area contributed by atoms with Gasteiger partial charge in [0, 0.05) is 6.07 Å². The molecule has 0 saturated heterocycles. The topological polar surface area (TPSA) is 102 Å². The van der Waals surface area contributed by atoms with E-state index in [9.17, 15) is 19.7 Å². The summed E-state index contributed by atoms with van der Waals surface area (Å²) in [5.41, 5.74) is -0.705. The van der Waals surface area contributed by atoms with Crippen molar-refractivity contribution in [2.75, 3.05) is 0 Å². The third-order valence-corrected chi connectivity index (χ3v) is 2.53. The summed E-state index contributed by atoms with van der Waals surface area (Å²) in [6.07, 6.45) is 3.49. The van der Waals surface area contributed by atoms with Gasteiger partial charge in [-0.3, -0.25) is 30.0 Å². The highest BCUT2D eigenvalue weighted by molar-refractivity contribution is 6.44. The third kappa shape index (κ3) is 4.01. The van der Waals surface area contributed by atoms with Crippen LogP contribution in [-0.4, -0.2) is 21.7 Å². The molecule has 0 fully saturated rings. The number of amides is 2. The number of imide groups is 1. The Balaban J connectivity index is 3.18. The van der Waals surface area contributed by atoms with Crippen LogP contribution in [0.4, 0.5) is 5.69 Å². The number of allylic oxidation sites excluding steroid dienone is 1. The monoisotopic (exact) mass is 317 g/mol. The van der Waals surface area contributed by atoms with E-state index in [4.69, 9.17) is 23.2 Å². The Morgan fingerprint density at radius 1 is 1.50 bits per heavy atom. The zero-order valence-electron chi connectivity index (χ0n) is 10.2. The Bertz CT molecular complexity index is 587. The predicted molar refractivity (Wildman–Crippen MR) is 72.6 cm³/mol. The van der Waals surface area contributed by atoms with Crippen molar-refractivity contribution >= 4 is 40.7 Å². The van der Waals surface area contributed by atoms with Crippen LogP contribution in [0, 0.1) is 10.1 Å². The summed E-state index contributed by atoms with van der Waals surface area (Å²) in [6.45, 7) is 1.60. The standard InChI is InChI=1S/C11H9Cl2N3O4/c1-2-3-8(17)15-11(18)7-4-6(16(19)20)5-14-9(7)10(12)13/h2-5,10H,1H3,(H,15,17,18)/b3-2+. The second-order valence-corrected chi connectivity index (χ2v) is 4.60. The molecule has 0 atom stereocenters. The number of rotatable bonds is 4. The molecule has 0 aliphatic rings. The fourth-order valence-electron chi connectivity index (χ4n) is 1.29. The van der Waals surface area contributed by atoms with E-state index in [-0.39, 0.29) is 11.3 Å². The van der Waals surface area contributed by atoms with Crippen molar-refractivity contribution in [3.8, 4) is 0 Å². The first kappa shape index (κ1) is 16.1. The van der Waals surface area contributed by atoms with E-state index in [0.717, 1.165) is 18.3 Å². The molecule has 1 N–H and O–H groups in total. The van der Waals surface area contributed by atoms with Crippen LogP contribution in [0.25, 0.3) is 0 Å². The fraction of sp³-hybridized carbons (Fsp3) is 0.182. The van der Waals surface area contributed by atoms with E-state index >= 15 is 0 Å². The molecule has 9 heteroatoms. The van der Waals surface area contributed by atoms with Gasteiger partial charge < -0.3 is 0 Å². The minimum absolute atomic E-state index is 0.0651. The van der Waals surface area contributed by atoms with E-state index < -0.39 is 27.3 Å². The van der Waals surface area contributed by atoms with E-state index in [1.165, 1.54) is 6.08 Å². The van der Waals surface area contributed by atoms with Gasteiger partial charge in [-0.25, -0.2) is 0 Å². The van der Waals surface area contributed by atoms with Crippen molar-refractivity contribution in [1.82, 2.24) is 10.3 Å². The van der Waals surface area contributed by atoms with E-state index in [1.54, 1.807) is 6.92 Å². The molecule has 106 valence electrons. The van der Waals surface area contributed by atoms with Crippen molar-refractivity contribution in [3.63, 3.8) is 0 Å². The van der Waals surface area contributed by atoms with Gasteiger partial charge in [-0.05, 0) is 13.0 Å². The number of nitro groups is 1. The molecule has 1 aromatic rings. The van der Waals surface area contributed by atoms with Gasteiger partial charge >= 0.3 is 0 Å². The van der Waals surface area contributed by atoms with Gasteiger partial charge in [-0.1, -0.05) is 29.3 Å². The number of hydrogen-bond acceptors (Lipinski definition) is 5. The van der Waals surface area contributed by atoms with Crippen LogP contribution in [0.2, 0.25) is 0 Å². The van der Waals surface area contributed by atoms with Gasteiger partial charge in [0.2, 0.25) is 5.91 Å². The Morgan fingerprint density at radius 3 is 2.65 bits per heavy atom. The molecule has 0 aliphatic carbocycles. The van der Waals surface area contributed by atoms with Crippen LogP contribution in [0.3, 0.4) is 0 Å². The Morgan fingerprint density at radius 2 is 2.15 bits per heavy atom. The van der Waals surface area contributed by atoms with Gasteiger partial charge in [-0.15, -0.1) is 0 Å². The molecule has 0 unspecified atom stereocenters.